The maximum atomic E-state index is 11.9. The van der Waals surface area contributed by atoms with Crippen molar-refractivity contribution in [2.24, 2.45) is 0 Å². The average molecular weight is 220 g/mol. The lowest BCUT2D eigenvalue weighted by atomic mass is 10.2. The van der Waals surface area contributed by atoms with E-state index in [9.17, 15) is 9.59 Å². The highest BCUT2D eigenvalue weighted by atomic mass is 16.2. The van der Waals surface area contributed by atoms with Gasteiger partial charge in [0.2, 0.25) is 6.41 Å². The molecule has 16 heavy (non-hydrogen) atoms. The maximum absolute atomic E-state index is 11.9. The molecule has 84 valence electrons. The van der Waals surface area contributed by atoms with Gasteiger partial charge in [0.25, 0.3) is 5.91 Å². The zero-order valence-corrected chi connectivity index (χ0v) is 8.74. The van der Waals surface area contributed by atoms with Gasteiger partial charge in [0.05, 0.1) is 5.56 Å². The summed E-state index contributed by atoms with van der Waals surface area (Å²) in [4.78, 5) is 33.4. The summed E-state index contributed by atoms with van der Waals surface area (Å²) < 4.78 is 0. The summed E-state index contributed by atoms with van der Waals surface area (Å²) in [5.74, 6) is -0.0776. The van der Waals surface area contributed by atoms with Crippen LogP contribution in [-0.2, 0) is 4.79 Å². The van der Waals surface area contributed by atoms with Crippen molar-refractivity contribution in [2.75, 3.05) is 26.2 Å². The third-order valence-electron chi connectivity index (χ3n) is 2.56. The molecule has 6 heteroatoms. The van der Waals surface area contributed by atoms with Gasteiger partial charge in [-0.05, 0) is 0 Å². The minimum atomic E-state index is -0.0776. The summed E-state index contributed by atoms with van der Waals surface area (Å²) in [6.45, 7) is 2.30. The summed E-state index contributed by atoms with van der Waals surface area (Å²) >= 11 is 0. The van der Waals surface area contributed by atoms with Crippen LogP contribution < -0.4 is 0 Å². The second-order valence-electron chi connectivity index (χ2n) is 3.56. The summed E-state index contributed by atoms with van der Waals surface area (Å²) in [6, 6.07) is 0. The van der Waals surface area contributed by atoms with Gasteiger partial charge in [-0.15, -0.1) is 0 Å². The predicted molar refractivity (Wildman–Crippen MR) is 55.6 cm³/mol. The molecule has 2 rings (SSSR count). The molecule has 1 aromatic heterocycles. The molecule has 0 aliphatic carbocycles. The molecular weight excluding hydrogens is 208 g/mol. The molecule has 0 radical (unpaired) electrons. The van der Waals surface area contributed by atoms with Crippen molar-refractivity contribution in [1.82, 2.24) is 19.8 Å². The topological polar surface area (TPSA) is 66.4 Å². The van der Waals surface area contributed by atoms with Crippen LogP contribution in [0.1, 0.15) is 10.4 Å². The van der Waals surface area contributed by atoms with E-state index in [0.717, 1.165) is 6.41 Å². The Bertz CT molecular complexity index is 374. The summed E-state index contributed by atoms with van der Waals surface area (Å²) in [5.41, 5.74) is 0.488. The van der Waals surface area contributed by atoms with Crippen molar-refractivity contribution in [3.05, 3.63) is 24.3 Å². The molecule has 0 saturated carbocycles. The Labute approximate surface area is 92.9 Å². The summed E-state index contributed by atoms with van der Waals surface area (Å²) in [5, 5.41) is 0. The maximum Gasteiger partial charge on any atom is 0.257 e. The monoisotopic (exact) mass is 220 g/mol. The third-order valence-corrected chi connectivity index (χ3v) is 2.56. The number of piperazine rings is 1. The van der Waals surface area contributed by atoms with Gasteiger partial charge in [-0.1, -0.05) is 0 Å². The number of hydrogen-bond acceptors (Lipinski definition) is 4. The van der Waals surface area contributed by atoms with Gasteiger partial charge in [0.15, 0.2) is 0 Å². The van der Waals surface area contributed by atoms with Crippen LogP contribution in [-0.4, -0.2) is 58.3 Å². The fourth-order valence-electron chi connectivity index (χ4n) is 1.62. The number of nitrogens with zero attached hydrogens (tertiary/aromatic N) is 4. The molecule has 0 unspecified atom stereocenters. The van der Waals surface area contributed by atoms with E-state index < -0.39 is 0 Å². The predicted octanol–water partition coefficient (Wildman–Crippen LogP) is -0.609. The van der Waals surface area contributed by atoms with Crippen LogP contribution in [0.5, 0.6) is 0 Å². The highest BCUT2D eigenvalue weighted by molar-refractivity contribution is 5.93. The minimum absolute atomic E-state index is 0.0776. The van der Waals surface area contributed by atoms with Crippen LogP contribution in [0, 0.1) is 0 Å². The third kappa shape index (κ3) is 2.16. The standard InChI is InChI=1S/C10H12N4O2/c15-8-13-1-3-14(4-2-13)10(16)9-5-11-7-12-6-9/h5-8H,1-4H2. The molecule has 1 aromatic rings. The van der Waals surface area contributed by atoms with E-state index in [1.54, 1.807) is 9.80 Å². The van der Waals surface area contributed by atoms with E-state index in [0.29, 0.717) is 31.7 Å². The Morgan fingerprint density at radius 3 is 2.38 bits per heavy atom. The summed E-state index contributed by atoms with van der Waals surface area (Å²) in [7, 11) is 0. The van der Waals surface area contributed by atoms with Crippen LogP contribution >= 0.6 is 0 Å². The molecule has 1 saturated heterocycles. The molecule has 1 aliphatic heterocycles. The van der Waals surface area contributed by atoms with Crippen molar-refractivity contribution in [3.8, 4) is 0 Å². The van der Waals surface area contributed by atoms with Gasteiger partial charge < -0.3 is 9.80 Å². The number of hydrogen-bond donors (Lipinski definition) is 0. The van der Waals surface area contributed by atoms with Crippen molar-refractivity contribution in [2.45, 2.75) is 0 Å². The first-order chi connectivity index (χ1) is 7.81. The first-order valence-electron chi connectivity index (χ1n) is 5.05. The molecule has 0 N–H and O–H groups in total. The van der Waals surface area contributed by atoms with Crippen LogP contribution in [0.3, 0.4) is 0 Å². The highest BCUT2D eigenvalue weighted by Crippen LogP contribution is 2.05. The quantitative estimate of drug-likeness (QED) is 0.624. The van der Waals surface area contributed by atoms with Crippen molar-refractivity contribution < 1.29 is 9.59 Å². The Balaban J connectivity index is 1.99. The molecule has 2 amide bonds. The van der Waals surface area contributed by atoms with Gasteiger partial charge in [0, 0.05) is 38.6 Å². The Morgan fingerprint density at radius 1 is 1.19 bits per heavy atom. The van der Waals surface area contributed by atoms with E-state index in [1.165, 1.54) is 18.7 Å². The zero-order valence-electron chi connectivity index (χ0n) is 8.74. The van der Waals surface area contributed by atoms with Gasteiger partial charge >= 0.3 is 0 Å². The van der Waals surface area contributed by atoms with Crippen molar-refractivity contribution in [1.29, 1.82) is 0 Å². The molecule has 6 nitrogen and oxygen atoms in total. The van der Waals surface area contributed by atoms with E-state index in [4.69, 9.17) is 0 Å². The van der Waals surface area contributed by atoms with E-state index >= 15 is 0 Å². The average Bonchev–Trinajstić information content (AvgIpc) is 2.39. The number of amides is 2. The number of rotatable bonds is 2. The highest BCUT2D eigenvalue weighted by Gasteiger charge is 2.21. The van der Waals surface area contributed by atoms with Crippen LogP contribution in [0.15, 0.2) is 18.7 Å². The molecular formula is C10H12N4O2. The minimum Gasteiger partial charge on any atom is -0.342 e. The first kappa shape index (κ1) is 10.5. The number of carbonyl (C=O) groups excluding carboxylic acids is 2. The Morgan fingerprint density at radius 2 is 1.81 bits per heavy atom. The van der Waals surface area contributed by atoms with Crippen LogP contribution in [0.4, 0.5) is 0 Å². The fraction of sp³-hybridized carbons (Fsp3) is 0.400. The largest absolute Gasteiger partial charge is 0.342 e. The zero-order chi connectivity index (χ0) is 11.4. The lowest BCUT2D eigenvalue weighted by Crippen LogP contribution is -2.48. The molecule has 0 atom stereocenters. The SMILES string of the molecule is O=CN1CCN(C(=O)c2cncnc2)CC1. The molecule has 0 aromatic carbocycles. The lowest BCUT2D eigenvalue weighted by molar-refractivity contribution is -0.119. The van der Waals surface area contributed by atoms with Gasteiger partial charge in [-0.25, -0.2) is 9.97 Å². The van der Waals surface area contributed by atoms with Crippen LogP contribution in [0.25, 0.3) is 0 Å². The van der Waals surface area contributed by atoms with E-state index in [-0.39, 0.29) is 5.91 Å². The molecule has 0 spiro atoms. The van der Waals surface area contributed by atoms with E-state index in [1.807, 2.05) is 0 Å². The smallest absolute Gasteiger partial charge is 0.257 e. The molecule has 0 bridgehead atoms. The number of aromatic nitrogens is 2. The Kier molecular flexibility index (Phi) is 3.09. The second-order valence-corrected chi connectivity index (χ2v) is 3.56. The molecule has 1 aliphatic rings. The van der Waals surface area contributed by atoms with Gasteiger partial charge in [-0.2, -0.15) is 0 Å². The normalized spacial score (nSPS) is 16.0. The van der Waals surface area contributed by atoms with Gasteiger partial charge in [-0.3, -0.25) is 9.59 Å². The molecule has 1 fully saturated rings. The van der Waals surface area contributed by atoms with Crippen molar-refractivity contribution in [3.63, 3.8) is 0 Å². The first-order valence-corrected chi connectivity index (χ1v) is 5.05. The van der Waals surface area contributed by atoms with Crippen LogP contribution in [0.2, 0.25) is 0 Å². The number of carbonyl (C=O) groups is 2. The lowest BCUT2D eigenvalue weighted by Gasteiger charge is -2.32. The summed E-state index contributed by atoms with van der Waals surface area (Å²) in [6.07, 6.45) is 5.21. The van der Waals surface area contributed by atoms with Gasteiger partial charge in [0.1, 0.15) is 6.33 Å². The van der Waals surface area contributed by atoms with Crippen molar-refractivity contribution >= 4 is 12.3 Å². The second kappa shape index (κ2) is 4.69. The van der Waals surface area contributed by atoms with E-state index in [2.05, 4.69) is 9.97 Å². The molecule has 2 heterocycles. The Hall–Kier alpha value is -1.98. The fourth-order valence-corrected chi connectivity index (χ4v) is 1.62.